The molecule has 1 amide bonds. The van der Waals surface area contributed by atoms with Crippen LogP contribution in [0.15, 0.2) is 60.7 Å². The van der Waals surface area contributed by atoms with Crippen molar-refractivity contribution in [2.75, 3.05) is 19.6 Å². The van der Waals surface area contributed by atoms with E-state index in [-0.39, 0.29) is 6.09 Å². The van der Waals surface area contributed by atoms with E-state index in [1.54, 1.807) is 12.1 Å². The monoisotopic (exact) mass is 338 g/mol. The van der Waals surface area contributed by atoms with Crippen molar-refractivity contribution in [1.29, 1.82) is 0 Å². The number of hydrogen-bond donors (Lipinski definition) is 0. The Morgan fingerprint density at radius 3 is 2.12 bits per heavy atom. The molecule has 0 bridgehead atoms. The Bertz CT molecular complexity index is 663. The molecule has 1 fully saturated rings. The Morgan fingerprint density at radius 2 is 1.52 bits per heavy atom. The Kier molecular flexibility index (Phi) is 5.71. The topological polar surface area (TPSA) is 32.8 Å². The molecule has 0 aromatic heterocycles. The van der Waals surface area contributed by atoms with Crippen LogP contribution in [-0.4, -0.2) is 47.6 Å². The number of ether oxygens (including phenoxy) is 1. The molecular weight excluding hydrogens is 312 g/mol. The highest BCUT2D eigenvalue weighted by atomic mass is 16.6. The summed E-state index contributed by atoms with van der Waals surface area (Å²) < 4.78 is 5.48. The van der Waals surface area contributed by atoms with Gasteiger partial charge in [0, 0.05) is 31.7 Å². The van der Waals surface area contributed by atoms with Gasteiger partial charge < -0.3 is 9.64 Å². The lowest BCUT2D eigenvalue weighted by Gasteiger charge is -2.44. The zero-order valence-electron chi connectivity index (χ0n) is 15.0. The van der Waals surface area contributed by atoms with Gasteiger partial charge in [-0.2, -0.15) is 0 Å². The van der Waals surface area contributed by atoms with Gasteiger partial charge in [0.2, 0.25) is 0 Å². The van der Waals surface area contributed by atoms with Gasteiger partial charge in [-0.15, -0.1) is 0 Å². The number of para-hydroxylation sites is 1. The molecule has 0 spiro atoms. The van der Waals surface area contributed by atoms with Crippen LogP contribution in [0.4, 0.5) is 4.79 Å². The van der Waals surface area contributed by atoms with E-state index in [9.17, 15) is 4.79 Å². The molecular formula is C21H26N2O2. The van der Waals surface area contributed by atoms with Gasteiger partial charge in [-0.1, -0.05) is 48.5 Å². The fourth-order valence-corrected chi connectivity index (χ4v) is 3.50. The van der Waals surface area contributed by atoms with Gasteiger partial charge in [-0.25, -0.2) is 4.79 Å². The van der Waals surface area contributed by atoms with E-state index in [1.165, 1.54) is 5.56 Å². The van der Waals surface area contributed by atoms with Crippen molar-refractivity contribution in [1.82, 2.24) is 9.80 Å². The summed E-state index contributed by atoms with van der Waals surface area (Å²) in [6, 6.07) is 20.4. The van der Waals surface area contributed by atoms with Gasteiger partial charge >= 0.3 is 6.09 Å². The van der Waals surface area contributed by atoms with Gasteiger partial charge in [-0.05, 0) is 38.0 Å². The van der Waals surface area contributed by atoms with Crippen LogP contribution in [0.25, 0.3) is 0 Å². The number of hydrogen-bond acceptors (Lipinski definition) is 3. The van der Waals surface area contributed by atoms with Crippen LogP contribution in [0.5, 0.6) is 5.75 Å². The second kappa shape index (κ2) is 8.17. The van der Waals surface area contributed by atoms with E-state index in [0.29, 0.717) is 30.9 Å². The zero-order valence-corrected chi connectivity index (χ0v) is 15.0. The van der Waals surface area contributed by atoms with E-state index in [1.807, 2.05) is 29.2 Å². The standard InChI is InChI=1S/C21H26N2O2/c1-17-15-22(21(24)25-20-11-7-4-8-12-20)16-18(2)23(17)14-13-19-9-5-3-6-10-19/h3-12,17-18H,13-16H2,1-2H3. The van der Waals surface area contributed by atoms with Crippen molar-refractivity contribution in [2.45, 2.75) is 32.4 Å². The van der Waals surface area contributed by atoms with Crippen molar-refractivity contribution < 1.29 is 9.53 Å². The number of carbonyl (C=O) groups excluding carboxylic acids is 1. The van der Waals surface area contributed by atoms with Crippen LogP contribution in [0.1, 0.15) is 19.4 Å². The molecule has 4 nitrogen and oxygen atoms in total. The second-order valence-corrected chi connectivity index (χ2v) is 6.76. The van der Waals surface area contributed by atoms with E-state index in [0.717, 1.165) is 13.0 Å². The number of amides is 1. The second-order valence-electron chi connectivity index (χ2n) is 6.76. The average molecular weight is 338 g/mol. The summed E-state index contributed by atoms with van der Waals surface area (Å²) in [4.78, 5) is 16.7. The summed E-state index contributed by atoms with van der Waals surface area (Å²) in [5, 5.41) is 0. The SMILES string of the molecule is CC1CN(C(=O)Oc2ccccc2)CC(C)N1CCc1ccccc1. The maximum absolute atomic E-state index is 12.4. The third kappa shape index (κ3) is 4.60. The lowest BCUT2D eigenvalue weighted by Crippen LogP contribution is -2.58. The fraction of sp³-hybridized carbons (Fsp3) is 0.381. The number of carbonyl (C=O) groups is 1. The smallest absolute Gasteiger partial charge is 0.410 e. The predicted octanol–water partition coefficient (Wildman–Crippen LogP) is 3.82. The molecule has 132 valence electrons. The molecule has 2 aromatic rings. The lowest BCUT2D eigenvalue weighted by molar-refractivity contribution is 0.0436. The molecule has 2 atom stereocenters. The van der Waals surface area contributed by atoms with Gasteiger partial charge in [-0.3, -0.25) is 4.90 Å². The first-order chi connectivity index (χ1) is 12.1. The van der Waals surface area contributed by atoms with Crippen LogP contribution in [-0.2, 0) is 6.42 Å². The largest absolute Gasteiger partial charge is 0.415 e. The Morgan fingerprint density at radius 1 is 0.960 bits per heavy atom. The summed E-state index contributed by atoms with van der Waals surface area (Å²) in [6.45, 7) is 6.77. The van der Waals surface area contributed by atoms with Crippen LogP contribution >= 0.6 is 0 Å². The van der Waals surface area contributed by atoms with Crippen LogP contribution < -0.4 is 4.74 Å². The third-order valence-corrected chi connectivity index (χ3v) is 4.81. The first-order valence-corrected chi connectivity index (χ1v) is 8.95. The van der Waals surface area contributed by atoms with Crippen molar-refractivity contribution in [2.24, 2.45) is 0 Å². The minimum Gasteiger partial charge on any atom is -0.410 e. The Labute approximate surface area is 150 Å². The summed E-state index contributed by atoms with van der Waals surface area (Å²) in [5.41, 5.74) is 1.35. The Balaban J connectivity index is 1.55. The normalized spacial score (nSPS) is 21.1. The fourth-order valence-electron chi connectivity index (χ4n) is 3.50. The summed E-state index contributed by atoms with van der Waals surface area (Å²) in [6.07, 6.45) is 0.775. The number of rotatable bonds is 4. The molecule has 3 rings (SSSR count). The van der Waals surface area contributed by atoms with Crippen LogP contribution in [0, 0.1) is 0 Å². The van der Waals surface area contributed by atoms with Gasteiger partial charge in [0.1, 0.15) is 5.75 Å². The molecule has 4 heteroatoms. The molecule has 2 aromatic carbocycles. The van der Waals surface area contributed by atoms with Crippen molar-refractivity contribution in [3.8, 4) is 5.75 Å². The number of benzene rings is 2. The van der Waals surface area contributed by atoms with Gasteiger partial charge in [0.05, 0.1) is 0 Å². The molecule has 25 heavy (non-hydrogen) atoms. The summed E-state index contributed by atoms with van der Waals surface area (Å²) in [5.74, 6) is 0.597. The third-order valence-electron chi connectivity index (χ3n) is 4.81. The van der Waals surface area contributed by atoms with Crippen molar-refractivity contribution in [3.05, 3.63) is 66.2 Å². The van der Waals surface area contributed by atoms with Crippen LogP contribution in [0.2, 0.25) is 0 Å². The minimum atomic E-state index is -0.257. The van der Waals surface area contributed by atoms with E-state index in [4.69, 9.17) is 4.74 Å². The molecule has 1 saturated heterocycles. The highest BCUT2D eigenvalue weighted by Gasteiger charge is 2.32. The highest BCUT2D eigenvalue weighted by molar-refractivity contribution is 5.70. The maximum atomic E-state index is 12.4. The van der Waals surface area contributed by atoms with Crippen molar-refractivity contribution in [3.63, 3.8) is 0 Å². The molecule has 0 N–H and O–H groups in total. The van der Waals surface area contributed by atoms with E-state index < -0.39 is 0 Å². The van der Waals surface area contributed by atoms with Crippen LogP contribution in [0.3, 0.4) is 0 Å². The lowest BCUT2D eigenvalue weighted by atomic mass is 10.1. The molecule has 0 saturated carbocycles. The Hall–Kier alpha value is -2.33. The molecule has 2 unspecified atom stereocenters. The predicted molar refractivity (Wildman–Crippen MR) is 99.8 cm³/mol. The van der Waals surface area contributed by atoms with Crippen molar-refractivity contribution >= 4 is 6.09 Å². The zero-order chi connectivity index (χ0) is 17.6. The number of piperazine rings is 1. The molecule has 0 radical (unpaired) electrons. The first-order valence-electron chi connectivity index (χ1n) is 8.95. The maximum Gasteiger partial charge on any atom is 0.415 e. The number of nitrogens with zero attached hydrogens (tertiary/aromatic N) is 2. The first kappa shape index (κ1) is 17.5. The highest BCUT2D eigenvalue weighted by Crippen LogP contribution is 2.18. The minimum absolute atomic E-state index is 0.257. The van der Waals surface area contributed by atoms with Gasteiger partial charge in [0.25, 0.3) is 0 Å². The molecule has 1 aliphatic heterocycles. The van der Waals surface area contributed by atoms with Gasteiger partial charge in [0.15, 0.2) is 0 Å². The quantitative estimate of drug-likeness (QED) is 0.849. The molecule has 1 heterocycles. The molecule has 0 aliphatic carbocycles. The van der Waals surface area contributed by atoms with E-state index in [2.05, 4.69) is 43.0 Å². The summed E-state index contributed by atoms with van der Waals surface area (Å²) in [7, 11) is 0. The van der Waals surface area contributed by atoms with E-state index >= 15 is 0 Å². The average Bonchev–Trinajstić information content (AvgIpc) is 2.62. The molecule has 1 aliphatic rings. The summed E-state index contributed by atoms with van der Waals surface area (Å²) >= 11 is 0.